The van der Waals surface area contributed by atoms with E-state index in [1.54, 1.807) is 12.5 Å². The highest BCUT2D eigenvalue weighted by Gasteiger charge is 2.76. The highest BCUT2D eigenvalue weighted by Crippen LogP contribution is 2.79. The number of nitrogens with zero attached hydrogens (tertiary/aromatic N) is 1. The lowest BCUT2D eigenvalue weighted by Gasteiger charge is -2.75. The number of nitrogens with one attached hydrogen (secondary N) is 2. The normalized spacial score (nSPS) is 50.7. The second-order valence-electron chi connectivity index (χ2n) is 24.4. The quantitative estimate of drug-likeness (QED) is 0.0766. The van der Waals surface area contributed by atoms with Crippen LogP contribution in [0, 0.1) is 79.8 Å². The largest absolute Gasteiger partial charge is 0.481 e. The molecule has 2 aliphatic heterocycles. The molecule has 23 atom stereocenters. The van der Waals surface area contributed by atoms with E-state index in [0.29, 0.717) is 38.5 Å². The van der Waals surface area contributed by atoms with Crippen LogP contribution in [0.1, 0.15) is 123 Å². The summed E-state index contributed by atoms with van der Waals surface area (Å²) in [6.07, 6.45) is 2.92. The van der Waals surface area contributed by atoms with Crippen molar-refractivity contribution < 1.29 is 65.0 Å². The zero-order valence-corrected chi connectivity index (χ0v) is 40.5. The number of hydrogen-bond acceptors (Lipinski definition) is 14. The number of nitrogens with two attached hydrogens (primary N) is 1. The lowest BCUT2D eigenvalue weighted by Crippen LogP contribution is -2.73. The number of carboxylic acids is 1. The molecule has 0 radical (unpaired) electrons. The molecule has 2 bridgehead atoms. The third-order valence-electron chi connectivity index (χ3n) is 21.5. The van der Waals surface area contributed by atoms with Crippen molar-refractivity contribution in [2.75, 3.05) is 26.4 Å². The molecule has 8 aliphatic rings. The summed E-state index contributed by atoms with van der Waals surface area (Å²) in [5.74, 6) is -4.34. The maximum atomic E-state index is 14.1. The number of aliphatic hydroxyl groups excluding tert-OH is 8. The van der Waals surface area contributed by atoms with Crippen LogP contribution >= 0.6 is 0 Å². The first kappa shape index (κ1) is 50.4. The standard InChI is InChI=1S/C51H80N4O13/c1-46(22-57)16-26-8-6-7-25-17-51(26,45(65)66)32(18-46)30-10-11-36-48(3,50(25,30)5)14-13-35-47(2,23-58)42(68-44-41(63)40(62)34(59)21-67-44)39(61)31(49(35,36)4)15-28-29(20-56)43(64)55-38(28)27(9-12-37(52)60)33-19-53-24-54-33/h10,19,24-29,31-32,34-42,44,56-63H,6-9,11-18,20-23,52H2,1-5H3,(H,53,54)(H,55,64)(H,65,66)/t25-,26-,27+,28+,29+,31-,32-,34+,35+,36-,37-,38-,39+,40-,41+,42+,44-,46-,47-,48+,49-,50+,51+/m0/s1. The van der Waals surface area contributed by atoms with Gasteiger partial charge in [0.15, 0.2) is 6.29 Å². The number of aliphatic carboxylic acids is 1. The van der Waals surface area contributed by atoms with E-state index in [4.69, 9.17) is 15.2 Å². The molecule has 1 amide bonds. The molecule has 9 rings (SSSR count). The molecule has 0 aromatic carbocycles. The molecule has 1 aromatic rings. The second-order valence-corrected chi connectivity index (χ2v) is 24.4. The van der Waals surface area contributed by atoms with Crippen LogP contribution in [0.15, 0.2) is 24.2 Å². The van der Waals surface area contributed by atoms with Gasteiger partial charge in [0, 0.05) is 35.9 Å². The predicted octanol–water partition coefficient (Wildman–Crippen LogP) is 2.15. The molecule has 2 saturated heterocycles. The lowest BCUT2D eigenvalue weighted by atomic mass is 9.30. The van der Waals surface area contributed by atoms with E-state index in [0.717, 1.165) is 31.4 Å². The number of hydrogen-bond donors (Lipinski definition) is 12. The third-order valence-corrected chi connectivity index (χ3v) is 21.5. The average Bonchev–Trinajstić information content (AvgIpc) is 3.89. The van der Waals surface area contributed by atoms with Crippen molar-refractivity contribution in [2.24, 2.45) is 85.6 Å². The summed E-state index contributed by atoms with van der Waals surface area (Å²) in [7, 11) is 0. The first-order chi connectivity index (χ1) is 32.1. The lowest BCUT2D eigenvalue weighted by molar-refractivity contribution is -0.341. The first-order valence-corrected chi connectivity index (χ1v) is 25.6. The summed E-state index contributed by atoms with van der Waals surface area (Å²) in [4.78, 5) is 35.5. The number of aromatic nitrogens is 2. The smallest absolute Gasteiger partial charge is 0.310 e. The molecule has 5 saturated carbocycles. The minimum absolute atomic E-state index is 0.0177. The van der Waals surface area contributed by atoms with Crippen LogP contribution in [0.3, 0.4) is 0 Å². The molecule has 0 unspecified atom stereocenters. The van der Waals surface area contributed by atoms with Crippen LogP contribution in [0.4, 0.5) is 0 Å². The Labute approximate surface area is 399 Å². The summed E-state index contributed by atoms with van der Waals surface area (Å²) in [6, 6.07) is -0.586. The second kappa shape index (κ2) is 17.9. The van der Waals surface area contributed by atoms with Crippen LogP contribution in [-0.2, 0) is 19.1 Å². The van der Waals surface area contributed by atoms with Crippen molar-refractivity contribution in [1.29, 1.82) is 0 Å². The van der Waals surface area contributed by atoms with Gasteiger partial charge in [-0.05, 0) is 134 Å². The van der Waals surface area contributed by atoms with Crippen molar-refractivity contribution in [1.82, 2.24) is 15.3 Å². The van der Waals surface area contributed by atoms with Gasteiger partial charge in [0.05, 0.1) is 49.7 Å². The fourth-order valence-electron chi connectivity index (χ4n) is 18.0. The highest BCUT2D eigenvalue weighted by molar-refractivity contribution is 5.82. The molecule has 68 heavy (non-hydrogen) atoms. The third kappa shape index (κ3) is 7.20. The van der Waals surface area contributed by atoms with Crippen molar-refractivity contribution in [3.8, 4) is 0 Å². The Morgan fingerprint density at radius 2 is 1.69 bits per heavy atom. The minimum atomic E-state index is -1.67. The highest BCUT2D eigenvalue weighted by atomic mass is 16.7. The van der Waals surface area contributed by atoms with Crippen molar-refractivity contribution in [3.63, 3.8) is 0 Å². The van der Waals surface area contributed by atoms with Gasteiger partial charge in [0.2, 0.25) is 5.91 Å². The van der Waals surface area contributed by atoms with E-state index in [-0.39, 0.29) is 61.6 Å². The molecule has 6 aliphatic carbocycles. The van der Waals surface area contributed by atoms with Crippen molar-refractivity contribution in [3.05, 3.63) is 29.9 Å². The molecule has 382 valence electrons. The van der Waals surface area contributed by atoms with E-state index in [2.05, 4.69) is 49.1 Å². The van der Waals surface area contributed by atoms with Crippen LogP contribution < -0.4 is 11.1 Å². The molecule has 0 spiro atoms. The van der Waals surface area contributed by atoms with Gasteiger partial charge in [-0.2, -0.15) is 0 Å². The molecular weight excluding hydrogens is 877 g/mol. The molecule has 17 heteroatoms. The van der Waals surface area contributed by atoms with E-state index in [1.165, 1.54) is 5.57 Å². The predicted molar refractivity (Wildman–Crippen MR) is 245 cm³/mol. The van der Waals surface area contributed by atoms with Crippen LogP contribution in [0.2, 0.25) is 0 Å². The Hall–Kier alpha value is -2.55. The number of H-pyrrole nitrogens is 1. The summed E-state index contributed by atoms with van der Waals surface area (Å²) in [5, 5.41) is 104. The first-order valence-electron chi connectivity index (χ1n) is 25.6. The number of imidazole rings is 1. The monoisotopic (exact) mass is 957 g/mol. The number of ether oxygens (including phenoxy) is 2. The van der Waals surface area contributed by atoms with E-state index in [9.17, 15) is 55.5 Å². The zero-order valence-electron chi connectivity index (χ0n) is 40.5. The Morgan fingerprint density at radius 1 is 0.956 bits per heavy atom. The number of carboxylic acid groups (broad SMARTS) is 1. The van der Waals surface area contributed by atoms with Crippen molar-refractivity contribution in [2.45, 2.75) is 167 Å². The van der Waals surface area contributed by atoms with Gasteiger partial charge in [0.25, 0.3) is 0 Å². The van der Waals surface area contributed by atoms with Crippen LogP contribution in [0.25, 0.3) is 0 Å². The molecule has 3 heterocycles. The van der Waals surface area contributed by atoms with E-state index >= 15 is 0 Å². The maximum Gasteiger partial charge on any atom is 0.310 e. The minimum Gasteiger partial charge on any atom is -0.481 e. The van der Waals surface area contributed by atoms with E-state index < -0.39 is 124 Å². The topological polar surface area (TPSA) is 301 Å². The SMILES string of the molecule is C[C@]1(CO)C[C@@H]2CCC[C@H]3C[C@]2(C(=O)O)[C@@H](C1)C1=CC[C@@H]2[C@]4(C)[C@H](CC[C@@]2(C)[C@@]13C)[C@](C)(CO)[C@H](O[C@@H]1OC[C@@H](O)[C@H](O)[C@H]1O)[C@H](O)[C@@H]4C[C@H]1[C@H]([C@H](CC[C@@H](N)O)c2cnc[nH]2)NC(=O)[C@@H]1CO. The summed E-state index contributed by atoms with van der Waals surface area (Å²) in [5.41, 5.74) is 3.56. The summed E-state index contributed by atoms with van der Waals surface area (Å²) in [6.45, 7) is 9.79. The van der Waals surface area contributed by atoms with E-state index in [1.807, 2.05) is 6.92 Å². The number of aliphatic hydroxyl groups is 8. The van der Waals surface area contributed by atoms with Gasteiger partial charge < -0.3 is 71.5 Å². The Kier molecular flexibility index (Phi) is 13.3. The fourth-order valence-corrected chi connectivity index (χ4v) is 18.0. The van der Waals surface area contributed by atoms with Crippen LogP contribution in [0.5, 0.6) is 0 Å². The summed E-state index contributed by atoms with van der Waals surface area (Å²) < 4.78 is 12.5. The van der Waals surface area contributed by atoms with Gasteiger partial charge in [-0.3, -0.25) is 9.59 Å². The van der Waals surface area contributed by atoms with Crippen LogP contribution in [-0.4, -0.2) is 143 Å². The number of rotatable bonds is 13. The maximum absolute atomic E-state index is 14.1. The fraction of sp³-hybridized carbons (Fsp3) is 0.863. The number of carbonyl (C=O) groups excluding carboxylic acids is 1. The number of carbonyl (C=O) groups is 2. The molecule has 17 nitrogen and oxygen atoms in total. The average molecular weight is 957 g/mol. The van der Waals surface area contributed by atoms with Gasteiger partial charge in [-0.1, -0.05) is 52.7 Å². The van der Waals surface area contributed by atoms with Gasteiger partial charge >= 0.3 is 5.97 Å². The number of amides is 1. The molecule has 13 N–H and O–H groups in total. The molecule has 1 aromatic heterocycles. The molecule has 7 fully saturated rings. The molecular formula is C51H80N4O13. The zero-order chi connectivity index (χ0) is 49.1. The van der Waals surface area contributed by atoms with Crippen molar-refractivity contribution >= 4 is 11.9 Å². The number of fused-ring (bicyclic) bond motifs is 8. The summed E-state index contributed by atoms with van der Waals surface area (Å²) >= 11 is 0. The number of aromatic amines is 1. The van der Waals surface area contributed by atoms with Gasteiger partial charge in [-0.15, -0.1) is 0 Å². The number of allylic oxidation sites excluding steroid dienone is 2. The van der Waals surface area contributed by atoms with Gasteiger partial charge in [0.1, 0.15) is 24.5 Å². The Morgan fingerprint density at radius 3 is 2.34 bits per heavy atom. The van der Waals surface area contributed by atoms with Gasteiger partial charge in [-0.25, -0.2) is 4.98 Å². The Balaban J connectivity index is 1.20. The Bertz CT molecular complexity index is 2060.